The van der Waals surface area contributed by atoms with E-state index in [0.717, 1.165) is 4.70 Å². The van der Waals surface area contributed by atoms with Gasteiger partial charge in [0.15, 0.2) is 6.23 Å². The largest absolute Gasteiger partial charge is 0.388 e. The van der Waals surface area contributed by atoms with Crippen molar-refractivity contribution in [3.8, 4) is 0 Å². The number of ether oxygens (including phenoxy) is 1. The molecule has 0 bridgehead atoms. The summed E-state index contributed by atoms with van der Waals surface area (Å²) in [5.74, 6) is -2.38. The van der Waals surface area contributed by atoms with Crippen molar-refractivity contribution in [2.75, 3.05) is 6.54 Å². The van der Waals surface area contributed by atoms with Crippen LogP contribution >= 0.6 is 11.3 Å². The number of aromatic nitrogens is 1. The number of aliphatic hydroxyl groups excluding tert-OH is 1. The van der Waals surface area contributed by atoms with Gasteiger partial charge in [0.1, 0.15) is 17.7 Å². The van der Waals surface area contributed by atoms with Crippen LogP contribution in [0.5, 0.6) is 0 Å². The molecule has 3 aromatic carbocycles. The fourth-order valence-electron chi connectivity index (χ4n) is 6.22. The lowest BCUT2D eigenvalue weighted by molar-refractivity contribution is -0.193. The third kappa shape index (κ3) is 2.97. The Morgan fingerprint density at radius 1 is 1.00 bits per heavy atom. The van der Waals surface area contributed by atoms with Crippen LogP contribution in [-0.4, -0.2) is 40.2 Å². The maximum absolute atomic E-state index is 14.7. The van der Waals surface area contributed by atoms with Gasteiger partial charge < -0.3 is 20.1 Å². The Hall–Kier alpha value is -3.44. The van der Waals surface area contributed by atoms with E-state index in [1.807, 2.05) is 13.8 Å². The lowest BCUT2D eigenvalue weighted by Crippen LogP contribution is -2.49. The molecular weight excluding hydrogens is 512 g/mol. The molecule has 2 aliphatic heterocycles. The van der Waals surface area contributed by atoms with Crippen LogP contribution in [0, 0.1) is 23.5 Å². The summed E-state index contributed by atoms with van der Waals surface area (Å²) in [5, 5.41) is 15.6. The van der Waals surface area contributed by atoms with Gasteiger partial charge in [0.2, 0.25) is 0 Å². The van der Waals surface area contributed by atoms with E-state index in [1.165, 1.54) is 35.6 Å². The number of carbonyl (C=O) groups is 2. The molecule has 4 heterocycles. The summed E-state index contributed by atoms with van der Waals surface area (Å²) in [6.07, 6.45) is -2.19. The van der Waals surface area contributed by atoms with E-state index in [4.69, 9.17) is 10.5 Å². The highest BCUT2D eigenvalue weighted by Gasteiger charge is 2.43. The van der Waals surface area contributed by atoms with E-state index in [-0.39, 0.29) is 35.6 Å². The van der Waals surface area contributed by atoms with Crippen LogP contribution in [0.3, 0.4) is 0 Å². The average molecular weight is 536 g/mol. The molecule has 0 aliphatic carbocycles. The van der Waals surface area contributed by atoms with Gasteiger partial charge in [-0.3, -0.25) is 14.9 Å². The number of halogens is 2. The van der Waals surface area contributed by atoms with E-state index in [2.05, 4.69) is 5.32 Å². The van der Waals surface area contributed by atoms with Crippen LogP contribution < -0.4 is 11.1 Å². The molecule has 5 aromatic rings. The molecule has 1 saturated heterocycles. The summed E-state index contributed by atoms with van der Waals surface area (Å²) in [5.41, 5.74) is 7.34. The number of nitrogens with zero attached hydrogens (tertiary/aromatic N) is 1. The topological polar surface area (TPSA) is 107 Å². The maximum atomic E-state index is 14.7. The highest BCUT2D eigenvalue weighted by Crippen LogP contribution is 2.49. The van der Waals surface area contributed by atoms with E-state index < -0.39 is 35.8 Å². The second-order valence-corrected chi connectivity index (χ2v) is 11.3. The summed E-state index contributed by atoms with van der Waals surface area (Å²) < 4.78 is 38.6. The van der Waals surface area contributed by atoms with Crippen LogP contribution in [0.4, 0.5) is 8.78 Å². The number of fused-ring (bicyclic) bond motifs is 10. The number of hydrogen-bond donors (Lipinski definition) is 3. The number of imide groups is 1. The SMILES string of the molecule is CC1C(CN)OC(n2c3ccc(F)cc3c3c4c(c5c6cc(F)ccc6sc5c32)C(=O)NC4=O)C(O)C1C. The summed E-state index contributed by atoms with van der Waals surface area (Å²) in [4.78, 5) is 26.3. The van der Waals surface area contributed by atoms with Gasteiger partial charge in [0.25, 0.3) is 11.8 Å². The van der Waals surface area contributed by atoms with Gasteiger partial charge in [-0.05, 0) is 48.2 Å². The van der Waals surface area contributed by atoms with Crippen LogP contribution in [0.25, 0.3) is 42.0 Å². The van der Waals surface area contributed by atoms with Crippen LogP contribution in [0.2, 0.25) is 0 Å². The molecule has 2 aromatic heterocycles. The highest BCUT2D eigenvalue weighted by molar-refractivity contribution is 7.26. The molecule has 4 N–H and O–H groups in total. The Labute approximate surface area is 218 Å². The molecule has 7 rings (SSSR count). The Kier molecular flexibility index (Phi) is 5.00. The lowest BCUT2D eigenvalue weighted by atomic mass is 9.83. The molecule has 5 atom stereocenters. The zero-order valence-corrected chi connectivity index (χ0v) is 21.2. The molecular formula is C28H23F2N3O4S. The fourth-order valence-corrected chi connectivity index (χ4v) is 7.46. The zero-order valence-electron chi connectivity index (χ0n) is 20.4. The molecule has 7 nitrogen and oxygen atoms in total. The molecule has 38 heavy (non-hydrogen) atoms. The number of thiophene rings is 1. The summed E-state index contributed by atoms with van der Waals surface area (Å²) >= 11 is 1.34. The third-order valence-corrected chi connectivity index (χ3v) is 9.49. The molecule has 2 aliphatic rings. The number of nitrogens with two attached hydrogens (primary N) is 1. The predicted molar refractivity (Wildman–Crippen MR) is 141 cm³/mol. The predicted octanol–water partition coefficient (Wildman–Crippen LogP) is 4.81. The van der Waals surface area contributed by atoms with Crippen molar-refractivity contribution in [3.63, 3.8) is 0 Å². The summed E-state index contributed by atoms with van der Waals surface area (Å²) in [7, 11) is 0. The normalized spacial score (nSPS) is 25.7. The number of hydrogen-bond acceptors (Lipinski definition) is 6. The molecule has 0 radical (unpaired) electrons. The Morgan fingerprint density at radius 3 is 2.37 bits per heavy atom. The first-order valence-corrected chi connectivity index (χ1v) is 13.2. The smallest absolute Gasteiger partial charge is 0.259 e. The molecule has 0 saturated carbocycles. The van der Waals surface area contributed by atoms with Crippen LogP contribution in [0.15, 0.2) is 36.4 Å². The van der Waals surface area contributed by atoms with E-state index in [9.17, 15) is 23.5 Å². The van der Waals surface area contributed by atoms with Gasteiger partial charge in [0.05, 0.1) is 33.0 Å². The van der Waals surface area contributed by atoms with Gasteiger partial charge in [-0.2, -0.15) is 0 Å². The van der Waals surface area contributed by atoms with E-state index in [0.29, 0.717) is 37.3 Å². The monoisotopic (exact) mass is 535 g/mol. The number of amides is 2. The number of carbonyl (C=O) groups excluding carboxylic acids is 2. The first-order chi connectivity index (χ1) is 18.2. The average Bonchev–Trinajstić information content (AvgIpc) is 3.51. The first-order valence-electron chi connectivity index (χ1n) is 12.4. The van der Waals surface area contributed by atoms with Crippen LogP contribution in [0.1, 0.15) is 40.8 Å². The second-order valence-electron chi connectivity index (χ2n) is 10.2. The molecule has 194 valence electrons. The van der Waals surface area contributed by atoms with Crippen molar-refractivity contribution in [3.05, 3.63) is 59.2 Å². The Balaban J connectivity index is 1.72. The van der Waals surface area contributed by atoms with Gasteiger partial charge in [0, 0.05) is 32.8 Å². The first kappa shape index (κ1) is 23.7. The number of rotatable bonds is 2. The molecule has 5 unspecified atom stereocenters. The lowest BCUT2D eigenvalue weighted by Gasteiger charge is -2.43. The number of benzene rings is 3. The van der Waals surface area contributed by atoms with Gasteiger partial charge in [-0.25, -0.2) is 8.78 Å². The van der Waals surface area contributed by atoms with Crippen molar-refractivity contribution in [1.29, 1.82) is 0 Å². The second kappa shape index (κ2) is 8.03. The Bertz CT molecular complexity index is 1860. The molecule has 2 amide bonds. The minimum atomic E-state index is -0.942. The quantitative estimate of drug-likeness (QED) is 0.281. The van der Waals surface area contributed by atoms with Crippen molar-refractivity contribution >= 4 is 65.1 Å². The molecule has 10 heteroatoms. The summed E-state index contributed by atoms with van der Waals surface area (Å²) in [6.45, 7) is 4.15. The Morgan fingerprint density at radius 2 is 1.66 bits per heavy atom. The summed E-state index contributed by atoms with van der Waals surface area (Å²) in [6, 6.07) is 8.54. The van der Waals surface area contributed by atoms with Crippen molar-refractivity contribution in [2.45, 2.75) is 32.3 Å². The number of aliphatic hydroxyl groups is 1. The van der Waals surface area contributed by atoms with Crippen LogP contribution in [-0.2, 0) is 4.74 Å². The fraction of sp³-hybridized carbons (Fsp3) is 0.286. The zero-order chi connectivity index (χ0) is 26.6. The van der Waals surface area contributed by atoms with Gasteiger partial charge in [-0.1, -0.05) is 13.8 Å². The third-order valence-electron chi connectivity index (χ3n) is 8.31. The van der Waals surface area contributed by atoms with Gasteiger partial charge in [-0.15, -0.1) is 11.3 Å². The molecule has 1 fully saturated rings. The van der Waals surface area contributed by atoms with Crippen molar-refractivity contribution in [1.82, 2.24) is 9.88 Å². The van der Waals surface area contributed by atoms with Gasteiger partial charge >= 0.3 is 0 Å². The molecule has 0 spiro atoms. The minimum absolute atomic E-state index is 0.0169. The van der Waals surface area contributed by atoms with E-state index >= 15 is 0 Å². The minimum Gasteiger partial charge on any atom is -0.388 e. The number of nitrogens with one attached hydrogen (secondary N) is 1. The maximum Gasteiger partial charge on any atom is 0.259 e. The van der Waals surface area contributed by atoms with Crippen molar-refractivity contribution in [2.24, 2.45) is 17.6 Å². The van der Waals surface area contributed by atoms with E-state index in [1.54, 1.807) is 16.7 Å². The van der Waals surface area contributed by atoms with Crippen molar-refractivity contribution < 1.29 is 28.2 Å². The standard InChI is InChI=1S/C28H23F2N3O4S/c1-10-11(2)24(34)28(37-17(10)9-31)33-16-5-3-12(29)7-14(16)19-21-22(27(36)32-26(21)35)20-15-8-13(30)4-6-18(15)38-25(20)23(19)33/h3-8,10-11,17,24,28,34H,9,31H2,1-2H3,(H,32,35,36). The highest BCUT2D eigenvalue weighted by atomic mass is 32.1.